The zero-order chi connectivity index (χ0) is 14.0. The van der Waals surface area contributed by atoms with E-state index in [4.69, 9.17) is 11.6 Å². The van der Waals surface area contributed by atoms with Crippen molar-refractivity contribution in [3.8, 4) is 5.69 Å². The van der Waals surface area contributed by atoms with Crippen LogP contribution in [0.1, 0.15) is 31.3 Å². The van der Waals surface area contributed by atoms with Gasteiger partial charge < -0.3 is 5.32 Å². The lowest BCUT2D eigenvalue weighted by molar-refractivity contribution is 0.0914. The number of carbonyl (C=O) groups excluding carboxylic acids is 1. The molecule has 0 spiro atoms. The molecule has 0 aliphatic carbocycles. The summed E-state index contributed by atoms with van der Waals surface area (Å²) in [6.45, 7) is 5.78. The van der Waals surface area contributed by atoms with E-state index in [9.17, 15) is 4.79 Å². The maximum Gasteiger partial charge on any atom is 0.272 e. The first kappa shape index (κ1) is 13.6. The summed E-state index contributed by atoms with van der Waals surface area (Å²) in [5.74, 6) is -0.196. The molecule has 19 heavy (non-hydrogen) atoms. The van der Waals surface area contributed by atoms with Crippen molar-refractivity contribution in [3.63, 3.8) is 0 Å². The van der Waals surface area contributed by atoms with Crippen LogP contribution < -0.4 is 5.32 Å². The molecule has 4 nitrogen and oxygen atoms in total. The van der Waals surface area contributed by atoms with Gasteiger partial charge in [-0.1, -0.05) is 23.7 Å². The monoisotopic (exact) mass is 277 g/mol. The minimum absolute atomic E-state index is 0.196. The van der Waals surface area contributed by atoms with Crippen LogP contribution in [0, 0.1) is 0 Å². The summed E-state index contributed by atoms with van der Waals surface area (Å²) in [5.41, 5.74) is 0.833. The summed E-state index contributed by atoms with van der Waals surface area (Å²) < 4.78 is 1.60. The van der Waals surface area contributed by atoms with Crippen LogP contribution in [-0.4, -0.2) is 21.2 Å². The number of nitrogens with one attached hydrogen (secondary N) is 1. The number of halogens is 1. The zero-order valence-electron chi connectivity index (χ0n) is 11.1. The van der Waals surface area contributed by atoms with Crippen LogP contribution >= 0.6 is 11.6 Å². The molecule has 100 valence electrons. The first-order valence-electron chi connectivity index (χ1n) is 6.00. The summed E-state index contributed by atoms with van der Waals surface area (Å²) >= 11 is 6.09. The van der Waals surface area contributed by atoms with Gasteiger partial charge in [0.05, 0.1) is 10.7 Å². The van der Waals surface area contributed by atoms with Gasteiger partial charge in [-0.2, -0.15) is 5.10 Å². The molecule has 0 bridgehead atoms. The minimum atomic E-state index is -0.286. The fourth-order valence-corrected chi connectivity index (χ4v) is 1.84. The van der Waals surface area contributed by atoms with E-state index in [1.807, 2.05) is 39.0 Å². The molecular formula is C14H16ClN3O. The molecule has 5 heteroatoms. The number of rotatable bonds is 2. The second-order valence-electron chi connectivity index (χ2n) is 5.30. The summed E-state index contributed by atoms with van der Waals surface area (Å²) in [6.07, 6.45) is 1.72. The predicted molar refractivity (Wildman–Crippen MR) is 75.8 cm³/mol. The number of aromatic nitrogens is 2. The lowest BCUT2D eigenvalue weighted by atomic mass is 10.1. The topological polar surface area (TPSA) is 46.9 Å². The van der Waals surface area contributed by atoms with Crippen molar-refractivity contribution in [2.45, 2.75) is 26.3 Å². The maximum atomic E-state index is 12.0. The first-order valence-corrected chi connectivity index (χ1v) is 6.38. The second-order valence-corrected chi connectivity index (χ2v) is 5.71. The highest BCUT2D eigenvalue weighted by Gasteiger charge is 2.17. The van der Waals surface area contributed by atoms with Gasteiger partial charge in [-0.3, -0.25) is 4.79 Å². The van der Waals surface area contributed by atoms with Crippen LogP contribution in [0.2, 0.25) is 5.02 Å². The third-order valence-electron chi connectivity index (χ3n) is 2.41. The number of carbonyl (C=O) groups is 1. The Morgan fingerprint density at radius 1 is 1.26 bits per heavy atom. The molecule has 1 N–H and O–H groups in total. The van der Waals surface area contributed by atoms with E-state index in [0.29, 0.717) is 10.7 Å². The fourth-order valence-electron chi connectivity index (χ4n) is 1.62. The highest BCUT2D eigenvalue weighted by molar-refractivity contribution is 6.32. The Balaban J connectivity index is 2.25. The normalized spacial score (nSPS) is 11.4. The van der Waals surface area contributed by atoms with Crippen molar-refractivity contribution < 1.29 is 4.79 Å². The standard InChI is InChI=1S/C14H16ClN3O/c1-14(2,3)16-13(19)11-8-9-18(17-11)12-7-5-4-6-10(12)15/h4-9H,1-3H3,(H,16,19). The Labute approximate surface area is 117 Å². The Bertz CT molecular complexity index is 599. The summed E-state index contributed by atoms with van der Waals surface area (Å²) in [4.78, 5) is 12.0. The van der Waals surface area contributed by atoms with E-state index in [0.717, 1.165) is 5.69 Å². The van der Waals surface area contributed by atoms with Gasteiger partial charge in [-0.25, -0.2) is 4.68 Å². The van der Waals surface area contributed by atoms with Gasteiger partial charge in [0.1, 0.15) is 0 Å². The third-order valence-corrected chi connectivity index (χ3v) is 2.73. The first-order chi connectivity index (χ1) is 8.87. The molecule has 2 rings (SSSR count). The van der Waals surface area contributed by atoms with Crippen molar-refractivity contribution in [2.75, 3.05) is 0 Å². The van der Waals surface area contributed by atoms with Gasteiger partial charge in [0, 0.05) is 11.7 Å². The summed E-state index contributed by atoms with van der Waals surface area (Å²) in [6, 6.07) is 9.03. The third kappa shape index (κ3) is 3.35. The van der Waals surface area contributed by atoms with Crippen LogP contribution in [0.4, 0.5) is 0 Å². The highest BCUT2D eigenvalue weighted by Crippen LogP contribution is 2.19. The van der Waals surface area contributed by atoms with E-state index < -0.39 is 0 Å². The molecule has 0 fully saturated rings. The van der Waals surface area contributed by atoms with Gasteiger partial charge in [-0.15, -0.1) is 0 Å². The summed E-state index contributed by atoms with van der Waals surface area (Å²) in [5, 5.41) is 7.70. The average molecular weight is 278 g/mol. The average Bonchev–Trinajstić information content (AvgIpc) is 2.76. The van der Waals surface area contributed by atoms with E-state index in [-0.39, 0.29) is 11.4 Å². The van der Waals surface area contributed by atoms with Crippen molar-refractivity contribution in [1.29, 1.82) is 0 Å². The predicted octanol–water partition coefficient (Wildman–Crippen LogP) is 3.05. The maximum absolute atomic E-state index is 12.0. The van der Waals surface area contributed by atoms with Crippen LogP contribution in [0.25, 0.3) is 5.69 Å². The molecule has 1 aromatic carbocycles. The zero-order valence-corrected chi connectivity index (χ0v) is 11.9. The quantitative estimate of drug-likeness (QED) is 0.917. The van der Waals surface area contributed by atoms with E-state index in [1.165, 1.54) is 0 Å². The molecule has 0 unspecified atom stereocenters. The molecule has 0 aliphatic rings. The number of para-hydroxylation sites is 1. The van der Waals surface area contributed by atoms with E-state index in [2.05, 4.69) is 10.4 Å². The molecule has 0 radical (unpaired) electrons. The van der Waals surface area contributed by atoms with Crippen molar-refractivity contribution in [1.82, 2.24) is 15.1 Å². The highest BCUT2D eigenvalue weighted by atomic mass is 35.5. The van der Waals surface area contributed by atoms with Crippen LogP contribution in [-0.2, 0) is 0 Å². The fraction of sp³-hybridized carbons (Fsp3) is 0.286. The Morgan fingerprint density at radius 3 is 2.58 bits per heavy atom. The van der Waals surface area contributed by atoms with Gasteiger partial charge >= 0.3 is 0 Å². The van der Waals surface area contributed by atoms with Crippen LogP contribution in [0.3, 0.4) is 0 Å². The Kier molecular flexibility index (Phi) is 3.62. The number of hydrogen-bond acceptors (Lipinski definition) is 2. The van der Waals surface area contributed by atoms with Crippen LogP contribution in [0.15, 0.2) is 36.5 Å². The minimum Gasteiger partial charge on any atom is -0.346 e. The molecule has 2 aromatic rings. The van der Waals surface area contributed by atoms with Crippen molar-refractivity contribution >= 4 is 17.5 Å². The number of benzene rings is 1. The van der Waals surface area contributed by atoms with Gasteiger partial charge in [0.25, 0.3) is 5.91 Å². The Hall–Kier alpha value is -1.81. The van der Waals surface area contributed by atoms with Gasteiger partial charge in [0.2, 0.25) is 0 Å². The Morgan fingerprint density at radius 2 is 1.95 bits per heavy atom. The largest absolute Gasteiger partial charge is 0.346 e. The van der Waals surface area contributed by atoms with Crippen LogP contribution in [0.5, 0.6) is 0 Å². The molecule has 1 heterocycles. The number of amides is 1. The molecule has 1 aromatic heterocycles. The van der Waals surface area contributed by atoms with E-state index in [1.54, 1.807) is 23.0 Å². The number of nitrogens with zero attached hydrogens (tertiary/aromatic N) is 2. The van der Waals surface area contributed by atoms with E-state index >= 15 is 0 Å². The van der Waals surface area contributed by atoms with Crippen molar-refractivity contribution in [2.24, 2.45) is 0 Å². The number of hydrogen-bond donors (Lipinski definition) is 1. The summed E-state index contributed by atoms with van der Waals surface area (Å²) in [7, 11) is 0. The molecule has 0 atom stereocenters. The molecule has 0 saturated carbocycles. The molecule has 1 amide bonds. The smallest absolute Gasteiger partial charge is 0.272 e. The second kappa shape index (κ2) is 5.05. The molecular weight excluding hydrogens is 262 g/mol. The van der Waals surface area contributed by atoms with Crippen molar-refractivity contribution in [3.05, 3.63) is 47.2 Å². The lowest BCUT2D eigenvalue weighted by Crippen LogP contribution is -2.40. The van der Waals surface area contributed by atoms with Gasteiger partial charge in [0.15, 0.2) is 5.69 Å². The molecule has 0 saturated heterocycles. The SMILES string of the molecule is CC(C)(C)NC(=O)c1ccn(-c2ccccc2Cl)n1. The lowest BCUT2D eigenvalue weighted by Gasteiger charge is -2.19. The molecule has 0 aliphatic heterocycles. The van der Waals surface area contributed by atoms with Gasteiger partial charge in [-0.05, 0) is 39.0 Å².